The minimum absolute atomic E-state index is 0.159. The van der Waals surface area contributed by atoms with Crippen molar-refractivity contribution in [3.8, 4) is 22.7 Å². The van der Waals surface area contributed by atoms with Crippen LogP contribution in [0.4, 0.5) is 13.2 Å². The smallest absolute Gasteiger partial charge is 0.314 e. The third-order valence-electron chi connectivity index (χ3n) is 6.62. The lowest BCUT2D eigenvalue weighted by atomic mass is 9.94. The maximum absolute atomic E-state index is 14.7. The van der Waals surface area contributed by atoms with E-state index in [-0.39, 0.29) is 18.0 Å². The van der Waals surface area contributed by atoms with Crippen molar-refractivity contribution < 1.29 is 17.6 Å². The Morgan fingerprint density at radius 1 is 1.03 bits per heavy atom. The maximum atomic E-state index is 14.7. The number of hydrogen-bond donors (Lipinski definition) is 1. The highest BCUT2D eigenvalue weighted by Gasteiger charge is 2.27. The van der Waals surface area contributed by atoms with Crippen LogP contribution in [0.25, 0.3) is 22.7 Å². The zero-order valence-electron chi connectivity index (χ0n) is 18.7. The SMILES string of the molecule is Fc1cc(-c2nnc(C(F)F)o2)ccc1Cn1cc(-c2ccc3c(c2)CCN(C2CNC2)C3)nn1. The van der Waals surface area contributed by atoms with Gasteiger partial charge in [0.25, 0.3) is 5.89 Å². The van der Waals surface area contributed by atoms with Crippen LogP contribution in [0.15, 0.2) is 47.0 Å². The highest BCUT2D eigenvalue weighted by molar-refractivity contribution is 5.60. The molecule has 0 bridgehead atoms. The zero-order valence-corrected chi connectivity index (χ0v) is 18.7. The summed E-state index contributed by atoms with van der Waals surface area (Å²) in [6.07, 6.45) is -0.0851. The van der Waals surface area contributed by atoms with Gasteiger partial charge >= 0.3 is 6.43 Å². The fraction of sp³-hybridized carbons (Fsp3) is 0.333. The summed E-state index contributed by atoms with van der Waals surface area (Å²) in [5.74, 6) is -1.49. The first-order valence-electron chi connectivity index (χ1n) is 11.4. The van der Waals surface area contributed by atoms with Crippen LogP contribution in [0.2, 0.25) is 0 Å². The first-order chi connectivity index (χ1) is 17.0. The van der Waals surface area contributed by atoms with Crippen molar-refractivity contribution in [1.82, 2.24) is 35.4 Å². The molecule has 2 aliphatic rings. The van der Waals surface area contributed by atoms with Crippen molar-refractivity contribution in [2.75, 3.05) is 19.6 Å². The second-order valence-electron chi connectivity index (χ2n) is 8.87. The number of fused-ring (bicyclic) bond motifs is 1. The molecule has 2 aliphatic heterocycles. The van der Waals surface area contributed by atoms with E-state index in [1.165, 1.54) is 17.2 Å². The molecular weight excluding hydrogens is 459 g/mol. The normalized spacial score (nSPS) is 16.5. The summed E-state index contributed by atoms with van der Waals surface area (Å²) >= 11 is 0. The van der Waals surface area contributed by atoms with E-state index in [0.717, 1.165) is 43.9 Å². The Morgan fingerprint density at radius 3 is 2.63 bits per heavy atom. The van der Waals surface area contributed by atoms with Gasteiger partial charge in [-0.2, -0.15) is 8.78 Å². The van der Waals surface area contributed by atoms with Gasteiger partial charge in [0.2, 0.25) is 5.89 Å². The average Bonchev–Trinajstić information content (AvgIpc) is 3.49. The molecule has 0 amide bonds. The van der Waals surface area contributed by atoms with Gasteiger partial charge in [-0.05, 0) is 35.7 Å². The van der Waals surface area contributed by atoms with Crippen molar-refractivity contribution in [3.63, 3.8) is 0 Å². The molecule has 0 radical (unpaired) electrons. The molecule has 2 aromatic heterocycles. The molecule has 0 spiro atoms. The molecule has 8 nitrogen and oxygen atoms in total. The van der Waals surface area contributed by atoms with E-state index in [4.69, 9.17) is 4.42 Å². The molecule has 180 valence electrons. The average molecular weight is 481 g/mol. The predicted octanol–water partition coefficient (Wildman–Crippen LogP) is 3.45. The molecule has 35 heavy (non-hydrogen) atoms. The monoisotopic (exact) mass is 481 g/mol. The molecule has 1 saturated heterocycles. The molecule has 1 N–H and O–H groups in total. The van der Waals surface area contributed by atoms with Gasteiger partial charge in [0.1, 0.15) is 11.5 Å². The van der Waals surface area contributed by atoms with Gasteiger partial charge in [-0.25, -0.2) is 9.07 Å². The van der Waals surface area contributed by atoms with Gasteiger partial charge in [-0.3, -0.25) is 4.90 Å². The third kappa shape index (κ3) is 4.32. The number of benzene rings is 2. The van der Waals surface area contributed by atoms with E-state index < -0.39 is 18.1 Å². The quantitative estimate of drug-likeness (QED) is 0.452. The Balaban J connectivity index is 1.16. The van der Waals surface area contributed by atoms with E-state index in [2.05, 4.69) is 48.9 Å². The number of nitrogens with one attached hydrogen (secondary N) is 1. The van der Waals surface area contributed by atoms with Gasteiger partial charge < -0.3 is 9.73 Å². The lowest BCUT2D eigenvalue weighted by molar-refractivity contribution is 0.116. The molecule has 11 heteroatoms. The van der Waals surface area contributed by atoms with Crippen molar-refractivity contribution in [2.45, 2.75) is 32.0 Å². The van der Waals surface area contributed by atoms with Gasteiger partial charge in [0.15, 0.2) is 0 Å². The second-order valence-corrected chi connectivity index (χ2v) is 8.87. The van der Waals surface area contributed by atoms with Crippen molar-refractivity contribution in [3.05, 3.63) is 71.0 Å². The summed E-state index contributed by atoms with van der Waals surface area (Å²) in [7, 11) is 0. The molecule has 2 aromatic carbocycles. The highest BCUT2D eigenvalue weighted by Crippen LogP contribution is 2.28. The summed E-state index contributed by atoms with van der Waals surface area (Å²) in [6, 6.07) is 11.3. The Kier molecular flexibility index (Phi) is 5.57. The number of aromatic nitrogens is 5. The van der Waals surface area contributed by atoms with Gasteiger partial charge in [0.05, 0.1) is 12.7 Å². The maximum Gasteiger partial charge on any atom is 0.314 e. The van der Waals surface area contributed by atoms with Crippen LogP contribution < -0.4 is 5.32 Å². The predicted molar refractivity (Wildman–Crippen MR) is 120 cm³/mol. The topological polar surface area (TPSA) is 84.9 Å². The van der Waals surface area contributed by atoms with Crippen LogP contribution in [-0.4, -0.2) is 55.8 Å². The van der Waals surface area contributed by atoms with E-state index in [0.29, 0.717) is 11.6 Å². The molecule has 0 saturated carbocycles. The van der Waals surface area contributed by atoms with Gasteiger partial charge in [-0.15, -0.1) is 15.3 Å². The van der Waals surface area contributed by atoms with Crippen molar-refractivity contribution >= 4 is 0 Å². The summed E-state index contributed by atoms with van der Waals surface area (Å²) in [5, 5.41) is 18.6. The zero-order chi connectivity index (χ0) is 23.9. The minimum atomic E-state index is -2.88. The summed E-state index contributed by atoms with van der Waals surface area (Å²) in [6.45, 7) is 4.32. The summed E-state index contributed by atoms with van der Waals surface area (Å²) in [4.78, 5) is 2.53. The number of halogens is 3. The molecular formula is C24H22F3N7O. The fourth-order valence-electron chi connectivity index (χ4n) is 4.51. The van der Waals surface area contributed by atoms with E-state index >= 15 is 0 Å². The van der Waals surface area contributed by atoms with Crippen LogP contribution in [0.1, 0.15) is 29.0 Å². The largest absolute Gasteiger partial charge is 0.415 e. The van der Waals surface area contributed by atoms with Crippen LogP contribution in [0.3, 0.4) is 0 Å². The first kappa shape index (κ1) is 21.9. The second kappa shape index (κ2) is 8.90. The first-order valence-corrected chi connectivity index (χ1v) is 11.4. The van der Waals surface area contributed by atoms with Gasteiger partial charge in [0, 0.05) is 48.9 Å². The Labute approximate surface area is 198 Å². The standard InChI is InChI=1S/C24H22F3N7O/c25-20-8-16(23-30-31-24(35-23)22(26)27)2-4-18(20)12-34-13-21(29-32-34)15-1-3-17-11-33(19-9-28-10-19)6-5-14(17)7-15/h1-4,7-8,13,19,22,28H,5-6,9-12H2. The van der Waals surface area contributed by atoms with Crippen LogP contribution in [-0.2, 0) is 19.5 Å². The molecule has 0 unspecified atom stereocenters. The molecule has 4 aromatic rings. The number of rotatable bonds is 6. The lowest BCUT2D eigenvalue weighted by Gasteiger charge is -2.41. The van der Waals surface area contributed by atoms with Crippen LogP contribution in [0.5, 0.6) is 0 Å². The van der Waals surface area contributed by atoms with Gasteiger partial charge in [-0.1, -0.05) is 23.4 Å². The lowest BCUT2D eigenvalue weighted by Crippen LogP contribution is -2.57. The molecule has 0 atom stereocenters. The van der Waals surface area contributed by atoms with E-state index in [1.54, 1.807) is 23.0 Å². The molecule has 1 fully saturated rings. The number of hydrogen-bond acceptors (Lipinski definition) is 7. The molecule has 4 heterocycles. The number of nitrogens with zero attached hydrogens (tertiary/aromatic N) is 6. The molecule has 0 aliphatic carbocycles. The van der Waals surface area contributed by atoms with Crippen LogP contribution >= 0.6 is 0 Å². The Morgan fingerprint density at radius 2 is 1.89 bits per heavy atom. The Hall–Kier alpha value is -3.57. The number of alkyl halides is 2. The Bertz CT molecular complexity index is 1360. The summed E-state index contributed by atoms with van der Waals surface area (Å²) < 4.78 is 46.5. The van der Waals surface area contributed by atoms with Crippen LogP contribution in [0, 0.1) is 5.82 Å². The van der Waals surface area contributed by atoms with E-state index in [9.17, 15) is 13.2 Å². The summed E-state index contributed by atoms with van der Waals surface area (Å²) in [5.41, 5.74) is 4.99. The van der Waals surface area contributed by atoms with Crippen molar-refractivity contribution in [1.29, 1.82) is 0 Å². The fourth-order valence-corrected chi connectivity index (χ4v) is 4.51. The minimum Gasteiger partial charge on any atom is -0.415 e. The highest BCUT2D eigenvalue weighted by atomic mass is 19.3. The van der Waals surface area contributed by atoms with Crippen molar-refractivity contribution in [2.24, 2.45) is 0 Å². The molecule has 6 rings (SSSR count). The van der Waals surface area contributed by atoms with E-state index in [1.807, 2.05) is 0 Å². The third-order valence-corrected chi connectivity index (χ3v) is 6.62.